The summed E-state index contributed by atoms with van der Waals surface area (Å²) in [4.78, 5) is 6.43. The minimum Gasteiger partial charge on any atom is -0.481 e. The van der Waals surface area contributed by atoms with Gasteiger partial charge in [0.05, 0.1) is 13.2 Å². The van der Waals surface area contributed by atoms with E-state index in [9.17, 15) is 5.11 Å². The van der Waals surface area contributed by atoms with Crippen LogP contribution in [0.1, 0.15) is 18.4 Å². The van der Waals surface area contributed by atoms with Crippen LogP contribution in [0.2, 0.25) is 0 Å². The van der Waals surface area contributed by atoms with Gasteiger partial charge in [-0.05, 0) is 24.9 Å². The summed E-state index contributed by atoms with van der Waals surface area (Å²) in [7, 11) is 1.61. The van der Waals surface area contributed by atoms with Crippen molar-refractivity contribution in [3.05, 3.63) is 23.9 Å². The number of piperidine rings is 1. The SMILES string of the molecule is COc1ccc(CN2CCC[C@H](O)C2)cn1. The first-order valence-electron chi connectivity index (χ1n) is 5.67. The molecule has 1 aromatic heterocycles. The van der Waals surface area contributed by atoms with Crippen molar-refractivity contribution in [3.63, 3.8) is 0 Å². The van der Waals surface area contributed by atoms with Gasteiger partial charge in [-0.1, -0.05) is 6.07 Å². The lowest BCUT2D eigenvalue weighted by Crippen LogP contribution is -2.37. The molecule has 4 heteroatoms. The number of β-amino-alcohol motifs (C(OH)–C–C–N with tert-alkyl or cyclic N) is 1. The van der Waals surface area contributed by atoms with Gasteiger partial charge in [-0.25, -0.2) is 4.98 Å². The summed E-state index contributed by atoms with van der Waals surface area (Å²) in [6.45, 7) is 2.68. The Morgan fingerprint density at radius 2 is 2.44 bits per heavy atom. The molecular weight excluding hydrogens is 204 g/mol. The largest absolute Gasteiger partial charge is 0.481 e. The van der Waals surface area contributed by atoms with Crippen LogP contribution in [0.15, 0.2) is 18.3 Å². The second-order valence-corrected chi connectivity index (χ2v) is 4.24. The van der Waals surface area contributed by atoms with E-state index in [2.05, 4.69) is 9.88 Å². The number of nitrogens with zero attached hydrogens (tertiary/aromatic N) is 2. The number of rotatable bonds is 3. The topological polar surface area (TPSA) is 45.6 Å². The summed E-state index contributed by atoms with van der Waals surface area (Å²) in [6.07, 6.45) is 3.67. The van der Waals surface area contributed by atoms with E-state index in [1.807, 2.05) is 18.3 Å². The van der Waals surface area contributed by atoms with Gasteiger partial charge in [-0.2, -0.15) is 0 Å². The Bertz CT molecular complexity index is 326. The maximum absolute atomic E-state index is 9.56. The molecule has 0 aliphatic carbocycles. The molecule has 2 rings (SSSR count). The Hall–Kier alpha value is -1.13. The lowest BCUT2D eigenvalue weighted by Gasteiger charge is -2.29. The minimum absolute atomic E-state index is 0.167. The summed E-state index contributed by atoms with van der Waals surface area (Å²) in [5.41, 5.74) is 1.16. The molecule has 1 aromatic rings. The lowest BCUT2D eigenvalue weighted by molar-refractivity contribution is 0.0668. The summed E-state index contributed by atoms with van der Waals surface area (Å²) in [6, 6.07) is 3.89. The van der Waals surface area contributed by atoms with Gasteiger partial charge in [0.25, 0.3) is 0 Å². The van der Waals surface area contributed by atoms with E-state index in [0.717, 1.165) is 38.0 Å². The molecule has 1 N–H and O–H groups in total. The molecular formula is C12H18N2O2. The molecule has 0 bridgehead atoms. The smallest absolute Gasteiger partial charge is 0.212 e. The number of aliphatic hydroxyl groups is 1. The van der Waals surface area contributed by atoms with E-state index in [4.69, 9.17) is 4.74 Å². The van der Waals surface area contributed by atoms with Gasteiger partial charge in [0.15, 0.2) is 0 Å². The average Bonchev–Trinajstić information content (AvgIpc) is 2.30. The Labute approximate surface area is 95.9 Å². The molecule has 0 aromatic carbocycles. The van der Waals surface area contributed by atoms with Gasteiger partial charge >= 0.3 is 0 Å². The Kier molecular flexibility index (Phi) is 3.74. The van der Waals surface area contributed by atoms with Crippen molar-refractivity contribution in [2.24, 2.45) is 0 Å². The first-order chi connectivity index (χ1) is 7.78. The normalized spacial score (nSPS) is 22.0. The van der Waals surface area contributed by atoms with Crippen molar-refractivity contribution in [1.82, 2.24) is 9.88 Å². The highest BCUT2D eigenvalue weighted by atomic mass is 16.5. The number of aromatic nitrogens is 1. The number of methoxy groups -OCH3 is 1. The van der Waals surface area contributed by atoms with Crippen molar-refractivity contribution < 1.29 is 9.84 Å². The van der Waals surface area contributed by atoms with Gasteiger partial charge in [0, 0.05) is 25.4 Å². The molecule has 1 atom stereocenters. The van der Waals surface area contributed by atoms with Crippen LogP contribution in [-0.2, 0) is 6.54 Å². The molecule has 0 saturated carbocycles. The Morgan fingerprint density at radius 1 is 1.56 bits per heavy atom. The Balaban J connectivity index is 1.92. The van der Waals surface area contributed by atoms with Crippen molar-refractivity contribution in [2.75, 3.05) is 20.2 Å². The van der Waals surface area contributed by atoms with Gasteiger partial charge < -0.3 is 9.84 Å². The fraction of sp³-hybridized carbons (Fsp3) is 0.583. The van der Waals surface area contributed by atoms with Crippen LogP contribution >= 0.6 is 0 Å². The molecule has 1 fully saturated rings. The van der Waals surface area contributed by atoms with E-state index in [-0.39, 0.29) is 6.10 Å². The molecule has 0 amide bonds. The van der Waals surface area contributed by atoms with Crippen LogP contribution in [0, 0.1) is 0 Å². The van der Waals surface area contributed by atoms with Gasteiger partial charge in [-0.15, -0.1) is 0 Å². The third kappa shape index (κ3) is 2.93. The summed E-state index contributed by atoms with van der Waals surface area (Å²) in [5.74, 6) is 0.641. The monoisotopic (exact) mass is 222 g/mol. The van der Waals surface area contributed by atoms with Crippen molar-refractivity contribution >= 4 is 0 Å². The average molecular weight is 222 g/mol. The molecule has 0 unspecified atom stereocenters. The zero-order valence-electron chi connectivity index (χ0n) is 9.59. The van der Waals surface area contributed by atoms with Gasteiger partial charge in [-0.3, -0.25) is 4.90 Å². The fourth-order valence-corrected chi connectivity index (χ4v) is 2.06. The number of hydrogen-bond acceptors (Lipinski definition) is 4. The van der Waals surface area contributed by atoms with Crippen LogP contribution in [0.25, 0.3) is 0 Å². The van der Waals surface area contributed by atoms with Crippen molar-refractivity contribution in [2.45, 2.75) is 25.5 Å². The molecule has 1 aliphatic heterocycles. The highest BCUT2D eigenvalue weighted by molar-refractivity contribution is 5.17. The zero-order chi connectivity index (χ0) is 11.4. The fourth-order valence-electron chi connectivity index (χ4n) is 2.06. The minimum atomic E-state index is -0.167. The Morgan fingerprint density at radius 3 is 3.06 bits per heavy atom. The first-order valence-corrected chi connectivity index (χ1v) is 5.67. The third-order valence-corrected chi connectivity index (χ3v) is 2.89. The predicted molar refractivity (Wildman–Crippen MR) is 61.3 cm³/mol. The molecule has 88 valence electrons. The predicted octanol–water partition coefficient (Wildman–Crippen LogP) is 1.05. The van der Waals surface area contributed by atoms with Crippen LogP contribution in [0.5, 0.6) is 5.88 Å². The zero-order valence-corrected chi connectivity index (χ0v) is 9.59. The van der Waals surface area contributed by atoms with E-state index >= 15 is 0 Å². The summed E-state index contributed by atoms with van der Waals surface area (Å²) < 4.78 is 5.01. The van der Waals surface area contributed by atoms with Gasteiger partial charge in [0.2, 0.25) is 5.88 Å². The van der Waals surface area contributed by atoms with Crippen LogP contribution < -0.4 is 4.74 Å². The number of aliphatic hydroxyl groups excluding tert-OH is 1. The second kappa shape index (κ2) is 5.27. The van der Waals surface area contributed by atoms with Gasteiger partial charge in [0.1, 0.15) is 0 Å². The van der Waals surface area contributed by atoms with Crippen LogP contribution in [0.3, 0.4) is 0 Å². The number of hydrogen-bond donors (Lipinski definition) is 1. The third-order valence-electron chi connectivity index (χ3n) is 2.89. The molecule has 1 aliphatic rings. The lowest BCUT2D eigenvalue weighted by atomic mass is 10.1. The number of likely N-dealkylation sites (tertiary alicyclic amines) is 1. The van der Waals surface area contributed by atoms with Crippen LogP contribution in [-0.4, -0.2) is 41.3 Å². The van der Waals surface area contributed by atoms with E-state index in [1.54, 1.807) is 7.11 Å². The number of pyridine rings is 1. The molecule has 0 radical (unpaired) electrons. The molecule has 4 nitrogen and oxygen atoms in total. The van der Waals surface area contributed by atoms with Crippen molar-refractivity contribution in [1.29, 1.82) is 0 Å². The molecule has 1 saturated heterocycles. The van der Waals surface area contributed by atoms with E-state index < -0.39 is 0 Å². The van der Waals surface area contributed by atoms with E-state index in [1.165, 1.54) is 0 Å². The standard InChI is InChI=1S/C12H18N2O2/c1-16-12-5-4-10(7-13-12)8-14-6-2-3-11(15)9-14/h4-5,7,11,15H,2-3,6,8-9H2,1H3/t11-/m0/s1. The maximum atomic E-state index is 9.56. The molecule has 16 heavy (non-hydrogen) atoms. The highest BCUT2D eigenvalue weighted by Crippen LogP contribution is 2.14. The van der Waals surface area contributed by atoms with E-state index in [0.29, 0.717) is 5.88 Å². The molecule has 0 spiro atoms. The molecule has 2 heterocycles. The summed E-state index contributed by atoms with van der Waals surface area (Å²) in [5, 5.41) is 9.56. The number of ether oxygens (including phenoxy) is 1. The van der Waals surface area contributed by atoms with Crippen LogP contribution in [0.4, 0.5) is 0 Å². The maximum Gasteiger partial charge on any atom is 0.212 e. The summed E-state index contributed by atoms with van der Waals surface area (Å²) >= 11 is 0. The second-order valence-electron chi connectivity index (χ2n) is 4.24. The first kappa shape index (κ1) is 11.4. The quantitative estimate of drug-likeness (QED) is 0.830. The van der Waals surface area contributed by atoms with Crippen molar-refractivity contribution in [3.8, 4) is 5.88 Å². The highest BCUT2D eigenvalue weighted by Gasteiger charge is 2.17.